The molecule has 0 aromatic carbocycles. The summed E-state index contributed by atoms with van der Waals surface area (Å²) in [7, 11) is -31.6. The van der Waals surface area contributed by atoms with Crippen molar-refractivity contribution < 1.29 is 49.4 Å². The molecule has 0 spiro atoms. The Hall–Kier alpha value is -0.305. The quantitative estimate of drug-likeness (QED) is 0.364. The van der Waals surface area contributed by atoms with E-state index in [0.29, 0.717) is 0 Å². The van der Waals surface area contributed by atoms with Crippen LogP contribution in [0.15, 0.2) is 73.7 Å². The minimum Gasteiger partial charge on any atom is -0.370 e. The molecule has 0 atom stereocenters. The number of hydrogen-bond donors (Lipinski definition) is 0. The Morgan fingerprint density at radius 1 is 0.361 bits per heavy atom. The fourth-order valence-corrected chi connectivity index (χ4v) is 46.6. The maximum absolute atomic E-state index is 6.69. The highest BCUT2D eigenvalue weighted by Crippen LogP contribution is 2.50. The van der Waals surface area contributed by atoms with Gasteiger partial charge in [-0.3, -0.25) is 0 Å². The van der Waals surface area contributed by atoms with Crippen LogP contribution < -0.4 is 0 Å². The van der Waals surface area contributed by atoms with Crippen molar-refractivity contribution in [2.45, 2.75) is 25.9 Å². The molecule has 0 N–H and O–H groups in total. The van der Waals surface area contributed by atoms with E-state index in [1.807, 2.05) is 13.8 Å². The minimum atomic E-state index is -4.03. The largest absolute Gasteiger partial charge is 0.507 e. The smallest absolute Gasteiger partial charge is 0.370 e. The molecule has 0 aromatic rings. The first-order valence-electron chi connectivity index (χ1n) is 11.2. The maximum Gasteiger partial charge on any atom is 0.507 e. The third-order valence-corrected chi connectivity index (χ3v) is 38.5. The molecule has 0 amide bonds. The van der Waals surface area contributed by atoms with Gasteiger partial charge in [0.1, 0.15) is 0 Å². The summed E-state index contributed by atoms with van der Waals surface area (Å²) in [6, 6.07) is 0.514. The summed E-state index contributed by atoms with van der Waals surface area (Å²) < 4.78 is 79.8. The Labute approximate surface area is 218 Å². The molecule has 8 bridgehead atoms. The molecule has 0 aliphatic carbocycles. The fraction of sp³-hybridized carbons (Fsp3) is 0.250. The van der Waals surface area contributed by atoms with Gasteiger partial charge in [-0.05, 0) is 34.2 Å². The van der Waals surface area contributed by atoms with E-state index in [9.17, 15) is 0 Å². The molecule has 6 aliphatic heterocycles. The van der Waals surface area contributed by atoms with Crippen molar-refractivity contribution in [3.05, 3.63) is 73.7 Å². The summed E-state index contributed by atoms with van der Waals surface area (Å²) in [5, 5.41) is 0. The summed E-state index contributed by atoms with van der Waals surface area (Å²) in [5.41, 5.74) is 8.57. The van der Waals surface area contributed by atoms with E-state index in [0.717, 1.165) is 0 Å². The predicted octanol–water partition coefficient (Wildman–Crippen LogP) is 2.16. The van der Waals surface area contributed by atoms with Crippen LogP contribution >= 0.6 is 0 Å². The van der Waals surface area contributed by atoms with Gasteiger partial charge in [-0.1, -0.05) is 13.8 Å². The first-order chi connectivity index (χ1) is 17.0. The molecular weight excluding hydrogens is 609 g/mol. The Balaban J connectivity index is 1.91. The van der Waals surface area contributed by atoms with E-state index in [4.69, 9.17) is 49.4 Å². The zero-order valence-corrected chi connectivity index (χ0v) is 28.0. The summed E-state index contributed by atoms with van der Waals surface area (Å²) in [6.07, 6.45) is 0. The molecule has 6 rings (SSSR count). The average Bonchev–Trinajstić information content (AvgIpc) is 2.82. The monoisotopic (exact) mass is 636 g/mol. The van der Waals surface area contributed by atoms with Crippen LogP contribution in [-0.2, 0) is 49.4 Å². The van der Waals surface area contributed by atoms with Crippen LogP contribution in [0.3, 0.4) is 0 Å². The Morgan fingerprint density at radius 3 is 0.694 bits per heavy atom. The lowest BCUT2D eigenvalue weighted by Crippen LogP contribution is -2.87. The Kier molecular flexibility index (Phi) is 6.51. The molecule has 0 saturated carbocycles. The molecule has 196 valence electrons. The lowest BCUT2D eigenvalue weighted by atomic mass is 11.0. The zero-order chi connectivity index (χ0) is 26.1. The molecule has 6 saturated heterocycles. The second kappa shape index (κ2) is 8.60. The van der Waals surface area contributed by atoms with Gasteiger partial charge in [0.25, 0.3) is 0 Å². The topological polar surface area (TPSA) is 111 Å². The second-order valence-electron chi connectivity index (χ2n) is 8.14. The van der Waals surface area contributed by atoms with Crippen LogP contribution in [0.1, 0.15) is 13.8 Å². The van der Waals surface area contributed by atoms with Crippen molar-refractivity contribution in [1.29, 1.82) is 0 Å². The van der Waals surface area contributed by atoms with Gasteiger partial charge < -0.3 is 49.4 Å². The lowest BCUT2D eigenvalue weighted by molar-refractivity contribution is -0.0117. The van der Waals surface area contributed by atoms with Crippen LogP contribution in [0.4, 0.5) is 0 Å². The van der Waals surface area contributed by atoms with E-state index in [-0.39, 0.29) is 12.1 Å². The number of hydrogen-bond acceptors (Lipinski definition) is 12. The lowest BCUT2D eigenvalue weighted by Gasteiger charge is -2.60. The van der Waals surface area contributed by atoms with Crippen LogP contribution in [0.2, 0.25) is 12.1 Å². The van der Waals surface area contributed by atoms with Gasteiger partial charge in [0.15, 0.2) is 0 Å². The number of rotatable bonds is 8. The first kappa shape index (κ1) is 27.3. The molecule has 0 radical (unpaired) electrons. The normalized spacial score (nSPS) is 53.2. The molecule has 36 heavy (non-hydrogen) atoms. The van der Waals surface area contributed by atoms with E-state index in [1.165, 1.54) is 34.2 Å². The van der Waals surface area contributed by atoms with Gasteiger partial charge in [-0.25, -0.2) is 0 Å². The molecular formula is C16H28O12Si8. The fourth-order valence-electron chi connectivity index (χ4n) is 4.17. The highest BCUT2D eigenvalue weighted by Gasteiger charge is 2.81. The SMILES string of the molecule is C=C[Si]12O[Si]3(C=C)O[Si]4(C=C)O[Si](C=C)(O1)O[Si]1(CC)O[Si](C=C)(O2)O[Si](CC)(O3)O[Si](C=C)(O4)O1. The van der Waals surface area contributed by atoms with Crippen molar-refractivity contribution in [1.82, 2.24) is 0 Å². The Bertz CT molecular complexity index is 935. The van der Waals surface area contributed by atoms with E-state index < -0.39 is 70.4 Å². The van der Waals surface area contributed by atoms with Gasteiger partial charge in [0.2, 0.25) is 0 Å². The van der Waals surface area contributed by atoms with Crippen molar-refractivity contribution in [3.63, 3.8) is 0 Å². The average molecular weight is 637 g/mol. The van der Waals surface area contributed by atoms with Crippen LogP contribution in [-0.4, -0.2) is 70.4 Å². The van der Waals surface area contributed by atoms with Crippen LogP contribution in [0.5, 0.6) is 0 Å². The van der Waals surface area contributed by atoms with Crippen molar-refractivity contribution in [2.75, 3.05) is 0 Å². The van der Waals surface area contributed by atoms with E-state index >= 15 is 0 Å². The zero-order valence-electron chi connectivity index (χ0n) is 20.0. The molecule has 6 aliphatic rings. The van der Waals surface area contributed by atoms with Crippen LogP contribution in [0, 0.1) is 0 Å². The summed E-state index contributed by atoms with van der Waals surface area (Å²) >= 11 is 0. The van der Waals surface area contributed by atoms with Gasteiger partial charge in [-0.2, -0.15) is 0 Å². The van der Waals surface area contributed by atoms with Gasteiger partial charge >= 0.3 is 70.4 Å². The minimum absolute atomic E-state index is 0.257. The molecule has 20 heteroatoms. The second-order valence-corrected chi connectivity index (χ2v) is 31.8. The molecule has 6 fully saturated rings. The van der Waals surface area contributed by atoms with Gasteiger partial charge in [0, 0.05) is 12.1 Å². The van der Waals surface area contributed by atoms with Crippen molar-refractivity contribution in [3.8, 4) is 0 Å². The summed E-state index contributed by atoms with van der Waals surface area (Å²) in [4.78, 5) is 0. The molecule has 0 unspecified atom stereocenters. The van der Waals surface area contributed by atoms with E-state index in [1.54, 1.807) is 0 Å². The van der Waals surface area contributed by atoms with Crippen molar-refractivity contribution >= 4 is 70.4 Å². The molecule has 6 heterocycles. The maximum atomic E-state index is 6.69. The third kappa shape index (κ3) is 3.93. The standard InChI is InChI=1S/C16H28O12Si8/c1-9-29-17-30(10-2)20-33(13-5)22-31(11-3,18-29)24-35(15-7)25-32(12-4,19-29)23-34(14-6,21-30)27-36(16-8,26-33)28-35/h9-13,16H,1-5,8,14-15H2,6-7H3. The third-order valence-electron chi connectivity index (χ3n) is 5.86. The summed E-state index contributed by atoms with van der Waals surface area (Å²) in [5.74, 6) is 0. The van der Waals surface area contributed by atoms with E-state index in [2.05, 4.69) is 39.5 Å². The Morgan fingerprint density at radius 2 is 0.528 bits per heavy atom. The predicted molar refractivity (Wildman–Crippen MR) is 141 cm³/mol. The highest BCUT2D eigenvalue weighted by molar-refractivity contribution is 7.06. The highest BCUT2D eigenvalue weighted by atomic mass is 28.6. The molecule has 12 nitrogen and oxygen atoms in total. The molecule has 0 aromatic heterocycles. The van der Waals surface area contributed by atoms with Gasteiger partial charge in [0.05, 0.1) is 0 Å². The van der Waals surface area contributed by atoms with Crippen LogP contribution in [0.25, 0.3) is 0 Å². The first-order valence-corrected chi connectivity index (χ1v) is 25.9. The summed E-state index contributed by atoms with van der Waals surface area (Å²) in [6.45, 7) is 27.3. The van der Waals surface area contributed by atoms with Gasteiger partial charge in [-0.15, -0.1) is 39.5 Å². The van der Waals surface area contributed by atoms with Crippen molar-refractivity contribution in [2.24, 2.45) is 0 Å².